The minimum atomic E-state index is -0.752. The molecule has 1 aliphatic rings. The lowest BCUT2D eigenvalue weighted by Crippen LogP contribution is -2.39. The van der Waals surface area contributed by atoms with Crippen molar-refractivity contribution in [2.24, 2.45) is 5.92 Å². The van der Waals surface area contributed by atoms with Crippen LogP contribution in [-0.2, 0) is 16.0 Å². The molecule has 0 spiro atoms. The molecular formula is C16H21NO4. The zero-order valence-corrected chi connectivity index (χ0v) is 12.2. The fourth-order valence-corrected chi connectivity index (χ4v) is 2.66. The maximum absolute atomic E-state index is 12.2. The highest BCUT2D eigenvalue weighted by atomic mass is 16.5. The molecule has 1 N–H and O–H groups in total. The molecule has 0 bridgehead atoms. The molecule has 2 rings (SSSR count). The number of methoxy groups -OCH3 is 1. The third-order valence-electron chi connectivity index (χ3n) is 3.94. The molecule has 0 radical (unpaired) electrons. The average molecular weight is 291 g/mol. The molecule has 1 aromatic rings. The molecule has 1 fully saturated rings. The van der Waals surface area contributed by atoms with E-state index in [9.17, 15) is 9.59 Å². The monoisotopic (exact) mass is 291 g/mol. The van der Waals surface area contributed by atoms with Gasteiger partial charge in [0.05, 0.1) is 13.5 Å². The number of carboxylic acids is 1. The summed E-state index contributed by atoms with van der Waals surface area (Å²) in [6, 6.07) is 7.49. The molecule has 0 unspecified atom stereocenters. The Labute approximate surface area is 124 Å². The second-order valence-electron chi connectivity index (χ2n) is 5.45. The van der Waals surface area contributed by atoms with E-state index < -0.39 is 5.97 Å². The van der Waals surface area contributed by atoms with Gasteiger partial charge in [-0.25, -0.2) is 0 Å². The summed E-state index contributed by atoms with van der Waals surface area (Å²) in [7, 11) is 1.61. The van der Waals surface area contributed by atoms with Crippen LogP contribution in [0, 0.1) is 5.92 Å². The smallest absolute Gasteiger partial charge is 0.303 e. The van der Waals surface area contributed by atoms with Crippen molar-refractivity contribution in [1.29, 1.82) is 0 Å². The van der Waals surface area contributed by atoms with Crippen LogP contribution >= 0.6 is 0 Å². The second-order valence-corrected chi connectivity index (χ2v) is 5.45. The average Bonchev–Trinajstić information content (AvgIpc) is 2.48. The molecule has 1 amide bonds. The van der Waals surface area contributed by atoms with Crippen molar-refractivity contribution in [3.63, 3.8) is 0 Å². The fraction of sp³-hybridized carbons (Fsp3) is 0.500. The highest BCUT2D eigenvalue weighted by molar-refractivity contribution is 5.79. The molecule has 0 atom stereocenters. The van der Waals surface area contributed by atoms with Crippen LogP contribution in [-0.4, -0.2) is 42.1 Å². The molecule has 1 heterocycles. The van der Waals surface area contributed by atoms with Crippen LogP contribution in [0.25, 0.3) is 0 Å². The van der Waals surface area contributed by atoms with E-state index in [4.69, 9.17) is 9.84 Å². The second kappa shape index (κ2) is 7.11. The fourth-order valence-electron chi connectivity index (χ4n) is 2.66. The highest BCUT2D eigenvalue weighted by Gasteiger charge is 2.24. The van der Waals surface area contributed by atoms with Crippen LogP contribution in [0.5, 0.6) is 5.75 Å². The van der Waals surface area contributed by atoms with E-state index in [0.29, 0.717) is 19.5 Å². The minimum Gasteiger partial charge on any atom is -0.497 e. The number of carbonyl (C=O) groups excluding carboxylic acids is 1. The summed E-state index contributed by atoms with van der Waals surface area (Å²) in [6.07, 6.45) is 2.15. The molecule has 21 heavy (non-hydrogen) atoms. The van der Waals surface area contributed by atoms with Crippen molar-refractivity contribution in [3.05, 3.63) is 29.8 Å². The summed E-state index contributed by atoms with van der Waals surface area (Å²) >= 11 is 0. The molecule has 0 aliphatic carbocycles. The maximum Gasteiger partial charge on any atom is 0.303 e. The van der Waals surface area contributed by atoms with Gasteiger partial charge in [-0.3, -0.25) is 9.59 Å². The molecule has 1 aliphatic heterocycles. The Hall–Kier alpha value is -2.04. The van der Waals surface area contributed by atoms with Gasteiger partial charge in [-0.15, -0.1) is 0 Å². The molecule has 5 nitrogen and oxygen atoms in total. The van der Waals surface area contributed by atoms with Crippen molar-refractivity contribution in [3.8, 4) is 5.75 Å². The summed E-state index contributed by atoms with van der Waals surface area (Å²) < 4.78 is 5.09. The van der Waals surface area contributed by atoms with E-state index in [1.54, 1.807) is 7.11 Å². The lowest BCUT2D eigenvalue weighted by atomic mass is 9.93. The number of piperidine rings is 1. The number of aliphatic carboxylic acids is 1. The number of hydrogen-bond acceptors (Lipinski definition) is 3. The van der Waals surface area contributed by atoms with Gasteiger partial charge in [-0.2, -0.15) is 0 Å². The van der Waals surface area contributed by atoms with E-state index in [2.05, 4.69) is 0 Å². The first-order chi connectivity index (χ1) is 10.1. The van der Waals surface area contributed by atoms with Crippen LogP contribution in [0.4, 0.5) is 0 Å². The molecule has 1 aromatic carbocycles. The lowest BCUT2D eigenvalue weighted by Gasteiger charge is -2.31. The maximum atomic E-state index is 12.2. The van der Waals surface area contributed by atoms with Crippen molar-refractivity contribution in [2.75, 3.05) is 20.2 Å². The predicted molar refractivity (Wildman–Crippen MR) is 78.3 cm³/mol. The Morgan fingerprint density at radius 1 is 1.24 bits per heavy atom. The summed E-state index contributed by atoms with van der Waals surface area (Å²) in [5, 5.41) is 8.79. The standard InChI is InChI=1S/C16H21NO4/c1-21-14-4-2-12(3-5-14)10-15(18)17-8-6-13(7-9-17)11-16(19)20/h2-5,13H,6-11H2,1H3,(H,19,20). The molecule has 0 saturated carbocycles. The molecule has 114 valence electrons. The third-order valence-corrected chi connectivity index (χ3v) is 3.94. The Kier molecular flexibility index (Phi) is 5.20. The van der Waals surface area contributed by atoms with Gasteiger partial charge in [0.1, 0.15) is 5.75 Å². The highest BCUT2D eigenvalue weighted by Crippen LogP contribution is 2.21. The van der Waals surface area contributed by atoms with Crippen molar-refractivity contribution in [2.45, 2.75) is 25.7 Å². The van der Waals surface area contributed by atoms with Crippen molar-refractivity contribution >= 4 is 11.9 Å². The normalized spacial score (nSPS) is 15.8. The van der Waals surface area contributed by atoms with Crippen LogP contribution in [0.3, 0.4) is 0 Å². The van der Waals surface area contributed by atoms with E-state index >= 15 is 0 Å². The molecule has 5 heteroatoms. The molecular weight excluding hydrogens is 270 g/mol. The van der Waals surface area contributed by atoms with Gasteiger partial charge in [-0.05, 0) is 36.5 Å². The Bertz CT molecular complexity index is 490. The Morgan fingerprint density at radius 3 is 2.38 bits per heavy atom. The molecule has 1 saturated heterocycles. The lowest BCUT2D eigenvalue weighted by molar-refractivity contribution is -0.138. The van der Waals surface area contributed by atoms with Gasteiger partial charge in [0.25, 0.3) is 0 Å². The third kappa shape index (κ3) is 4.48. The summed E-state index contributed by atoms with van der Waals surface area (Å²) in [6.45, 7) is 1.32. The van der Waals surface area contributed by atoms with Crippen LogP contribution in [0.15, 0.2) is 24.3 Å². The van der Waals surface area contributed by atoms with E-state index in [1.165, 1.54) is 0 Å². The van der Waals surface area contributed by atoms with E-state index in [-0.39, 0.29) is 18.2 Å². The zero-order valence-electron chi connectivity index (χ0n) is 12.2. The number of carbonyl (C=O) groups is 2. The minimum absolute atomic E-state index is 0.106. The van der Waals surface area contributed by atoms with Gasteiger partial charge < -0.3 is 14.7 Å². The number of nitrogens with zero attached hydrogens (tertiary/aromatic N) is 1. The largest absolute Gasteiger partial charge is 0.497 e. The summed E-state index contributed by atoms with van der Waals surface area (Å²) in [5.74, 6) is 0.333. The first-order valence-corrected chi connectivity index (χ1v) is 7.21. The van der Waals surface area contributed by atoms with Gasteiger partial charge >= 0.3 is 5.97 Å². The zero-order chi connectivity index (χ0) is 15.2. The first kappa shape index (κ1) is 15.4. The van der Waals surface area contributed by atoms with Gasteiger partial charge in [-0.1, -0.05) is 12.1 Å². The first-order valence-electron chi connectivity index (χ1n) is 7.21. The van der Waals surface area contributed by atoms with Gasteiger partial charge in [0.15, 0.2) is 0 Å². The van der Waals surface area contributed by atoms with Crippen LogP contribution < -0.4 is 4.74 Å². The quantitative estimate of drug-likeness (QED) is 0.900. The number of likely N-dealkylation sites (tertiary alicyclic amines) is 1. The van der Waals surface area contributed by atoms with Crippen LogP contribution in [0.1, 0.15) is 24.8 Å². The van der Waals surface area contributed by atoms with E-state index in [1.807, 2.05) is 29.2 Å². The Morgan fingerprint density at radius 2 is 1.86 bits per heavy atom. The van der Waals surface area contributed by atoms with Crippen molar-refractivity contribution < 1.29 is 19.4 Å². The van der Waals surface area contributed by atoms with Crippen LogP contribution in [0.2, 0.25) is 0 Å². The summed E-state index contributed by atoms with van der Waals surface area (Å²) in [5.41, 5.74) is 0.966. The number of amides is 1. The van der Waals surface area contributed by atoms with Crippen molar-refractivity contribution in [1.82, 2.24) is 4.90 Å². The number of rotatable bonds is 5. The number of hydrogen-bond donors (Lipinski definition) is 1. The van der Waals surface area contributed by atoms with Gasteiger partial charge in [0, 0.05) is 19.5 Å². The number of benzene rings is 1. The number of ether oxygens (including phenoxy) is 1. The topological polar surface area (TPSA) is 66.8 Å². The molecule has 0 aromatic heterocycles. The van der Waals surface area contributed by atoms with Gasteiger partial charge in [0.2, 0.25) is 5.91 Å². The Balaban J connectivity index is 1.82. The van der Waals surface area contributed by atoms with E-state index in [0.717, 1.165) is 24.2 Å². The predicted octanol–water partition coefficient (Wildman–Crippen LogP) is 1.95. The SMILES string of the molecule is COc1ccc(CC(=O)N2CCC(CC(=O)O)CC2)cc1. The number of carboxylic acid groups (broad SMARTS) is 1. The summed E-state index contributed by atoms with van der Waals surface area (Å²) in [4.78, 5) is 24.8.